The standard InChI is InChI=1S/C31H29N3O5/c1-37-21-9-10-27-24(13-21)25(15-28(34-27)30-12-18-7-8-22(38-2)14-29(18)39-30)31(36)33-20(17-35)11-19-16-32-26-6-4-3-5-23(19)26/h3-6,9-10,12-16,20,32,35H,7-8,11,17H2,1-2H3,(H,33,36)/t20-/m1/s1. The fraction of sp³-hybridized carbons (Fsp3) is 0.226. The molecule has 1 atom stereocenters. The third kappa shape index (κ3) is 4.75. The SMILES string of the molecule is COC1=Cc2oc(-c3cc(C(=O)N[C@@H](CO)Cc4c[nH]c5ccccc45)c4cc(OC)ccc4n3)cc2CC1. The lowest BCUT2D eigenvalue weighted by Crippen LogP contribution is -2.39. The highest BCUT2D eigenvalue weighted by atomic mass is 16.5. The first-order valence-corrected chi connectivity index (χ1v) is 12.9. The Morgan fingerprint density at radius 3 is 2.79 bits per heavy atom. The number of para-hydroxylation sites is 1. The number of nitrogens with one attached hydrogen (secondary N) is 2. The fourth-order valence-electron chi connectivity index (χ4n) is 5.16. The second-order valence-electron chi connectivity index (χ2n) is 9.67. The van der Waals surface area contributed by atoms with Gasteiger partial charge in [-0.2, -0.15) is 0 Å². The van der Waals surface area contributed by atoms with Crippen molar-refractivity contribution < 1.29 is 23.8 Å². The van der Waals surface area contributed by atoms with E-state index in [-0.39, 0.29) is 12.5 Å². The van der Waals surface area contributed by atoms with Crippen LogP contribution >= 0.6 is 0 Å². The zero-order chi connectivity index (χ0) is 26.9. The van der Waals surface area contributed by atoms with Crippen LogP contribution in [0.5, 0.6) is 5.75 Å². The Hall–Kier alpha value is -4.56. The molecular formula is C31H29N3O5. The molecule has 198 valence electrons. The van der Waals surface area contributed by atoms with Gasteiger partial charge in [-0.05, 0) is 60.4 Å². The van der Waals surface area contributed by atoms with Crippen molar-refractivity contribution in [2.24, 2.45) is 0 Å². The Kier molecular flexibility index (Phi) is 6.54. The molecule has 8 nitrogen and oxygen atoms in total. The van der Waals surface area contributed by atoms with Gasteiger partial charge in [-0.25, -0.2) is 4.98 Å². The molecule has 3 heterocycles. The van der Waals surface area contributed by atoms with Crippen LogP contribution in [0.4, 0.5) is 0 Å². The Morgan fingerprint density at radius 1 is 1.10 bits per heavy atom. The number of nitrogens with zero attached hydrogens (tertiary/aromatic N) is 1. The maximum Gasteiger partial charge on any atom is 0.252 e. The lowest BCUT2D eigenvalue weighted by molar-refractivity contribution is 0.0918. The average Bonchev–Trinajstić information content (AvgIpc) is 3.59. The number of fused-ring (bicyclic) bond motifs is 3. The summed E-state index contributed by atoms with van der Waals surface area (Å²) in [6, 6.07) is 16.6. The molecule has 39 heavy (non-hydrogen) atoms. The van der Waals surface area contributed by atoms with Gasteiger partial charge in [0.15, 0.2) is 5.76 Å². The predicted molar refractivity (Wildman–Crippen MR) is 150 cm³/mol. The van der Waals surface area contributed by atoms with Crippen molar-refractivity contribution in [2.45, 2.75) is 25.3 Å². The number of allylic oxidation sites excluding steroid dienone is 1. The number of carbonyl (C=O) groups is 1. The number of aliphatic hydroxyl groups is 1. The number of aryl methyl sites for hydroxylation is 1. The molecule has 3 N–H and O–H groups in total. The van der Waals surface area contributed by atoms with Crippen LogP contribution in [0, 0.1) is 0 Å². The number of aromatic amines is 1. The van der Waals surface area contributed by atoms with Crippen LogP contribution in [0.15, 0.2) is 71.0 Å². The van der Waals surface area contributed by atoms with Gasteiger partial charge in [0.1, 0.15) is 17.2 Å². The first kappa shape index (κ1) is 24.8. The number of aromatic nitrogens is 2. The number of benzene rings is 2. The maximum atomic E-state index is 13.7. The summed E-state index contributed by atoms with van der Waals surface area (Å²) in [4.78, 5) is 21.8. The summed E-state index contributed by atoms with van der Waals surface area (Å²) < 4.78 is 17.0. The molecule has 0 radical (unpaired) electrons. The minimum Gasteiger partial charge on any atom is -0.501 e. The molecular weight excluding hydrogens is 494 g/mol. The van der Waals surface area contributed by atoms with Crippen molar-refractivity contribution in [2.75, 3.05) is 20.8 Å². The number of hydrogen-bond donors (Lipinski definition) is 3. The highest BCUT2D eigenvalue weighted by Gasteiger charge is 2.22. The molecule has 0 bridgehead atoms. The molecule has 1 aliphatic carbocycles. The van der Waals surface area contributed by atoms with E-state index in [4.69, 9.17) is 18.9 Å². The lowest BCUT2D eigenvalue weighted by atomic mass is 10.0. The number of pyridine rings is 1. The molecule has 0 aliphatic heterocycles. The van der Waals surface area contributed by atoms with Gasteiger partial charge in [0.2, 0.25) is 0 Å². The van der Waals surface area contributed by atoms with Gasteiger partial charge in [0, 0.05) is 35.0 Å². The van der Waals surface area contributed by atoms with Crippen LogP contribution in [-0.4, -0.2) is 47.8 Å². The lowest BCUT2D eigenvalue weighted by Gasteiger charge is -2.17. The minimum atomic E-state index is -0.484. The Labute approximate surface area is 225 Å². The van der Waals surface area contributed by atoms with Gasteiger partial charge < -0.3 is 29.3 Å². The maximum absolute atomic E-state index is 13.7. The second kappa shape index (κ2) is 10.3. The number of rotatable bonds is 8. The number of carbonyl (C=O) groups excluding carboxylic acids is 1. The van der Waals surface area contributed by atoms with E-state index in [9.17, 15) is 9.90 Å². The quantitative estimate of drug-likeness (QED) is 0.256. The van der Waals surface area contributed by atoms with E-state index in [1.54, 1.807) is 26.4 Å². The number of furan rings is 1. The van der Waals surface area contributed by atoms with E-state index in [0.717, 1.165) is 46.4 Å². The number of amides is 1. The topological polar surface area (TPSA) is 110 Å². The number of ether oxygens (including phenoxy) is 2. The summed E-state index contributed by atoms with van der Waals surface area (Å²) in [5.74, 6) is 2.50. The van der Waals surface area contributed by atoms with Gasteiger partial charge >= 0.3 is 0 Å². The van der Waals surface area contributed by atoms with Crippen molar-refractivity contribution in [3.63, 3.8) is 0 Å². The summed E-state index contributed by atoms with van der Waals surface area (Å²) in [5, 5.41) is 14.9. The Balaban J connectivity index is 1.36. The van der Waals surface area contributed by atoms with Crippen molar-refractivity contribution in [1.29, 1.82) is 0 Å². The molecule has 8 heteroatoms. The average molecular weight is 524 g/mol. The van der Waals surface area contributed by atoms with E-state index in [2.05, 4.69) is 10.3 Å². The Morgan fingerprint density at radius 2 is 1.97 bits per heavy atom. The number of aliphatic hydroxyl groups excluding tert-OH is 1. The van der Waals surface area contributed by atoms with Crippen LogP contribution < -0.4 is 10.1 Å². The molecule has 3 aromatic heterocycles. The van der Waals surface area contributed by atoms with Gasteiger partial charge in [-0.1, -0.05) is 18.2 Å². The van der Waals surface area contributed by atoms with Gasteiger partial charge in [-0.3, -0.25) is 4.79 Å². The largest absolute Gasteiger partial charge is 0.501 e. The number of methoxy groups -OCH3 is 2. The van der Waals surface area contributed by atoms with E-state index < -0.39 is 6.04 Å². The molecule has 0 saturated carbocycles. The van der Waals surface area contributed by atoms with Crippen LogP contribution in [0.25, 0.3) is 39.3 Å². The molecule has 0 saturated heterocycles. The first-order valence-electron chi connectivity index (χ1n) is 12.9. The number of hydrogen-bond acceptors (Lipinski definition) is 6. The third-order valence-electron chi connectivity index (χ3n) is 7.25. The summed E-state index contributed by atoms with van der Waals surface area (Å²) in [6.07, 6.45) is 5.91. The molecule has 2 aromatic carbocycles. The van der Waals surface area contributed by atoms with Gasteiger partial charge in [-0.15, -0.1) is 0 Å². The summed E-state index contributed by atoms with van der Waals surface area (Å²) >= 11 is 0. The van der Waals surface area contributed by atoms with Crippen molar-refractivity contribution in [3.8, 4) is 17.2 Å². The van der Waals surface area contributed by atoms with E-state index in [0.29, 0.717) is 40.1 Å². The molecule has 6 rings (SSSR count). The van der Waals surface area contributed by atoms with Gasteiger partial charge in [0.05, 0.1) is 43.7 Å². The minimum absolute atomic E-state index is 0.205. The predicted octanol–water partition coefficient (Wildman–Crippen LogP) is 5.25. The summed E-state index contributed by atoms with van der Waals surface area (Å²) in [7, 11) is 3.24. The van der Waals surface area contributed by atoms with Crippen LogP contribution in [0.3, 0.4) is 0 Å². The van der Waals surface area contributed by atoms with Crippen molar-refractivity contribution in [1.82, 2.24) is 15.3 Å². The zero-order valence-electron chi connectivity index (χ0n) is 21.8. The Bertz CT molecular complexity index is 1710. The van der Waals surface area contributed by atoms with Crippen molar-refractivity contribution >= 4 is 33.8 Å². The van der Waals surface area contributed by atoms with Crippen molar-refractivity contribution in [3.05, 3.63) is 89.0 Å². The van der Waals surface area contributed by atoms with E-state index in [1.807, 2.05) is 54.7 Å². The van der Waals surface area contributed by atoms with E-state index in [1.165, 1.54) is 0 Å². The molecule has 1 aliphatic rings. The fourth-order valence-corrected chi connectivity index (χ4v) is 5.16. The molecule has 0 unspecified atom stereocenters. The monoisotopic (exact) mass is 523 g/mol. The molecule has 0 fully saturated rings. The van der Waals surface area contributed by atoms with Gasteiger partial charge in [0.25, 0.3) is 5.91 Å². The smallest absolute Gasteiger partial charge is 0.252 e. The zero-order valence-corrected chi connectivity index (χ0v) is 21.8. The number of H-pyrrole nitrogens is 1. The molecule has 1 amide bonds. The molecule has 5 aromatic rings. The first-order chi connectivity index (χ1) is 19.1. The van der Waals surface area contributed by atoms with E-state index >= 15 is 0 Å². The van der Waals surface area contributed by atoms with Crippen LogP contribution in [0.1, 0.15) is 33.7 Å². The second-order valence-corrected chi connectivity index (χ2v) is 9.67. The summed E-state index contributed by atoms with van der Waals surface area (Å²) in [5.41, 5.74) is 4.73. The van der Waals surface area contributed by atoms with Crippen LogP contribution in [0.2, 0.25) is 0 Å². The third-order valence-corrected chi connectivity index (χ3v) is 7.25. The van der Waals surface area contributed by atoms with Crippen LogP contribution in [-0.2, 0) is 17.6 Å². The highest BCUT2D eigenvalue weighted by molar-refractivity contribution is 6.07. The summed E-state index contributed by atoms with van der Waals surface area (Å²) in [6.45, 7) is -0.205. The molecule has 0 spiro atoms. The highest BCUT2D eigenvalue weighted by Crippen LogP contribution is 2.34. The normalized spacial score (nSPS) is 13.7.